The maximum absolute atomic E-state index is 6.04. The second kappa shape index (κ2) is 9.63. The van der Waals surface area contributed by atoms with E-state index in [9.17, 15) is 0 Å². The molecule has 2 heterocycles. The summed E-state index contributed by atoms with van der Waals surface area (Å²) in [7, 11) is 0. The van der Waals surface area contributed by atoms with E-state index in [1.165, 1.54) is 0 Å². The lowest BCUT2D eigenvalue weighted by molar-refractivity contribution is 0.261. The van der Waals surface area contributed by atoms with Gasteiger partial charge in [-0.25, -0.2) is 0 Å². The maximum Gasteiger partial charge on any atom is 0.228 e. The summed E-state index contributed by atoms with van der Waals surface area (Å²) in [6.07, 6.45) is 1.43. The van der Waals surface area contributed by atoms with Crippen LogP contribution >= 0.6 is 11.6 Å². The molecule has 0 saturated carbocycles. The Bertz CT molecular complexity index is 1020. The Kier molecular flexibility index (Phi) is 6.49. The quantitative estimate of drug-likeness (QED) is 0.458. The van der Waals surface area contributed by atoms with E-state index in [1.54, 1.807) is 0 Å². The Balaban J connectivity index is 1.39. The van der Waals surface area contributed by atoms with Gasteiger partial charge in [-0.3, -0.25) is 4.99 Å². The first-order valence-electron chi connectivity index (χ1n) is 10.1. The van der Waals surface area contributed by atoms with Crippen LogP contribution in [-0.2, 0) is 6.42 Å². The van der Waals surface area contributed by atoms with Gasteiger partial charge in [-0.2, -0.15) is 4.98 Å². The number of hydrogen-bond donors (Lipinski definition) is 2. The highest BCUT2D eigenvalue weighted by Gasteiger charge is 2.21. The molecule has 0 bridgehead atoms. The summed E-state index contributed by atoms with van der Waals surface area (Å²) in [5, 5.41) is 11.5. The van der Waals surface area contributed by atoms with Crippen molar-refractivity contribution in [1.29, 1.82) is 0 Å². The van der Waals surface area contributed by atoms with Crippen LogP contribution in [-0.4, -0.2) is 35.8 Å². The van der Waals surface area contributed by atoms with E-state index in [2.05, 4.69) is 31.8 Å². The summed E-state index contributed by atoms with van der Waals surface area (Å²) in [6, 6.07) is 15.7. The van der Waals surface area contributed by atoms with Gasteiger partial charge in [0.05, 0.1) is 19.2 Å². The number of guanidine groups is 1. The number of aromatic nitrogens is 2. The number of nitrogens with zero attached hydrogens (tertiary/aromatic N) is 3. The van der Waals surface area contributed by atoms with E-state index in [-0.39, 0.29) is 6.04 Å². The van der Waals surface area contributed by atoms with Crippen LogP contribution in [0.2, 0.25) is 5.02 Å². The van der Waals surface area contributed by atoms with Crippen molar-refractivity contribution in [2.75, 3.05) is 19.7 Å². The third kappa shape index (κ3) is 4.91. The molecule has 1 aliphatic rings. The Labute approximate surface area is 180 Å². The Morgan fingerprint density at radius 3 is 3.00 bits per heavy atom. The third-order valence-electron chi connectivity index (χ3n) is 4.76. The van der Waals surface area contributed by atoms with Crippen molar-refractivity contribution in [2.45, 2.75) is 25.8 Å². The largest absolute Gasteiger partial charge is 0.493 e. The van der Waals surface area contributed by atoms with Crippen molar-refractivity contribution in [2.24, 2.45) is 4.99 Å². The van der Waals surface area contributed by atoms with Crippen molar-refractivity contribution in [3.63, 3.8) is 0 Å². The minimum Gasteiger partial charge on any atom is -0.493 e. The molecule has 1 aliphatic heterocycles. The predicted molar refractivity (Wildman–Crippen MR) is 117 cm³/mol. The second-order valence-electron chi connectivity index (χ2n) is 6.90. The molecular formula is C22H24ClN5O2. The normalized spacial score (nSPS) is 15.9. The van der Waals surface area contributed by atoms with Crippen LogP contribution in [0.25, 0.3) is 11.4 Å². The van der Waals surface area contributed by atoms with Crippen molar-refractivity contribution in [1.82, 2.24) is 20.8 Å². The van der Waals surface area contributed by atoms with E-state index in [0.717, 1.165) is 35.8 Å². The second-order valence-corrected chi connectivity index (χ2v) is 7.34. The summed E-state index contributed by atoms with van der Waals surface area (Å²) >= 11 is 6.04. The number of halogens is 1. The zero-order chi connectivity index (χ0) is 20.8. The summed E-state index contributed by atoms with van der Waals surface area (Å²) in [5.74, 6) is 2.76. The molecule has 0 spiro atoms. The first-order valence-corrected chi connectivity index (χ1v) is 10.5. The number of ether oxygens (including phenoxy) is 1. The first kappa shape index (κ1) is 20.2. The smallest absolute Gasteiger partial charge is 0.228 e. The van der Waals surface area contributed by atoms with E-state index >= 15 is 0 Å². The van der Waals surface area contributed by atoms with Crippen molar-refractivity contribution >= 4 is 17.6 Å². The van der Waals surface area contributed by atoms with Crippen LogP contribution in [0.4, 0.5) is 0 Å². The zero-order valence-corrected chi connectivity index (χ0v) is 17.5. The summed E-state index contributed by atoms with van der Waals surface area (Å²) < 4.78 is 11.1. The fourth-order valence-corrected chi connectivity index (χ4v) is 3.53. The zero-order valence-electron chi connectivity index (χ0n) is 16.8. The van der Waals surface area contributed by atoms with E-state index in [1.807, 2.05) is 49.4 Å². The monoisotopic (exact) mass is 425 g/mol. The average molecular weight is 426 g/mol. The van der Waals surface area contributed by atoms with E-state index in [0.29, 0.717) is 36.3 Å². The van der Waals surface area contributed by atoms with E-state index in [4.69, 9.17) is 20.9 Å². The molecule has 2 N–H and O–H groups in total. The number of fused-ring (bicyclic) bond motifs is 1. The maximum atomic E-state index is 6.04. The highest BCUT2D eigenvalue weighted by atomic mass is 35.5. The summed E-state index contributed by atoms with van der Waals surface area (Å²) in [5.41, 5.74) is 1.98. The molecular weight excluding hydrogens is 402 g/mol. The van der Waals surface area contributed by atoms with Crippen LogP contribution in [0.1, 0.15) is 30.8 Å². The molecule has 0 radical (unpaired) electrons. The fraction of sp³-hybridized carbons (Fsp3) is 0.318. The molecule has 2 aromatic carbocycles. The number of benzene rings is 2. The lowest BCUT2D eigenvalue weighted by Gasteiger charge is -2.28. The van der Waals surface area contributed by atoms with Crippen LogP contribution in [0.5, 0.6) is 5.75 Å². The number of hydrogen-bond acceptors (Lipinski definition) is 5. The molecule has 0 fully saturated rings. The molecule has 4 rings (SSSR count). The molecule has 8 heteroatoms. The molecule has 30 heavy (non-hydrogen) atoms. The topological polar surface area (TPSA) is 84.6 Å². The third-order valence-corrected chi connectivity index (χ3v) is 5.00. The molecule has 3 aromatic rings. The minimum absolute atomic E-state index is 0.158. The van der Waals surface area contributed by atoms with Gasteiger partial charge in [-0.1, -0.05) is 47.1 Å². The van der Waals surface area contributed by atoms with E-state index < -0.39 is 0 Å². The van der Waals surface area contributed by atoms with Gasteiger partial charge in [0.1, 0.15) is 5.75 Å². The summed E-state index contributed by atoms with van der Waals surface area (Å²) in [6.45, 7) is 4.03. The van der Waals surface area contributed by atoms with Crippen molar-refractivity contribution < 1.29 is 9.26 Å². The Morgan fingerprint density at radius 1 is 1.23 bits per heavy atom. The predicted octanol–water partition coefficient (Wildman–Crippen LogP) is 4.01. The van der Waals surface area contributed by atoms with Crippen molar-refractivity contribution in [3.05, 3.63) is 65.0 Å². The van der Waals surface area contributed by atoms with Gasteiger partial charge >= 0.3 is 0 Å². The van der Waals surface area contributed by atoms with Crippen LogP contribution in [0.3, 0.4) is 0 Å². The molecule has 7 nitrogen and oxygen atoms in total. The lowest BCUT2D eigenvalue weighted by Crippen LogP contribution is -2.41. The lowest BCUT2D eigenvalue weighted by atomic mass is 10.0. The molecule has 1 unspecified atom stereocenters. The highest BCUT2D eigenvalue weighted by Crippen LogP contribution is 2.31. The van der Waals surface area contributed by atoms with Gasteiger partial charge in [0, 0.05) is 35.5 Å². The van der Waals surface area contributed by atoms with Crippen LogP contribution < -0.4 is 15.4 Å². The summed E-state index contributed by atoms with van der Waals surface area (Å²) in [4.78, 5) is 9.12. The van der Waals surface area contributed by atoms with Crippen LogP contribution in [0, 0.1) is 0 Å². The molecule has 156 valence electrons. The molecule has 1 aromatic heterocycles. The molecule has 1 atom stereocenters. The fourth-order valence-electron chi connectivity index (χ4n) is 3.34. The first-order chi connectivity index (χ1) is 14.7. The van der Waals surface area contributed by atoms with Gasteiger partial charge in [-0.15, -0.1) is 0 Å². The van der Waals surface area contributed by atoms with Gasteiger partial charge in [0.25, 0.3) is 0 Å². The van der Waals surface area contributed by atoms with Crippen LogP contribution in [0.15, 0.2) is 58.0 Å². The van der Waals surface area contributed by atoms with Gasteiger partial charge in [-0.05, 0) is 25.1 Å². The molecule has 0 saturated heterocycles. The SMILES string of the molecule is CCNC(=NCCc1nc(-c2cccc(Cl)c2)no1)NC1CCOc2ccccc21. The number of para-hydroxylation sites is 1. The Hall–Kier alpha value is -3.06. The standard InChI is InChI=1S/C22H24ClN5O2/c1-2-24-22(26-18-11-13-29-19-9-4-3-8-17(18)19)25-12-10-20-27-21(28-30-20)15-6-5-7-16(23)14-15/h3-9,14,18H,2,10-13H2,1H3,(H2,24,25,26). The number of rotatable bonds is 6. The Morgan fingerprint density at radius 2 is 2.13 bits per heavy atom. The molecule has 0 amide bonds. The molecule has 0 aliphatic carbocycles. The van der Waals surface area contributed by atoms with Crippen molar-refractivity contribution in [3.8, 4) is 17.1 Å². The van der Waals surface area contributed by atoms with Gasteiger partial charge < -0.3 is 19.9 Å². The number of nitrogens with one attached hydrogen (secondary N) is 2. The van der Waals surface area contributed by atoms with Gasteiger partial charge in [0.15, 0.2) is 5.96 Å². The highest BCUT2D eigenvalue weighted by molar-refractivity contribution is 6.30. The minimum atomic E-state index is 0.158. The van der Waals surface area contributed by atoms with Gasteiger partial charge in [0.2, 0.25) is 11.7 Å². The number of aliphatic imine (C=N–C) groups is 1. The average Bonchev–Trinajstić information content (AvgIpc) is 3.23.